The lowest BCUT2D eigenvalue weighted by Crippen LogP contribution is -2.21. The van der Waals surface area contributed by atoms with E-state index in [1.54, 1.807) is 0 Å². The average molecular weight is 322 g/mol. The molecule has 0 aromatic carbocycles. The molecule has 22 heavy (non-hydrogen) atoms. The Hall–Kier alpha value is -0.630. The van der Waals surface area contributed by atoms with Gasteiger partial charge in [-0.3, -0.25) is 0 Å². The quantitative estimate of drug-likeness (QED) is 0.430. The minimum absolute atomic E-state index is 0.528. The molecule has 2 heteroatoms. The van der Waals surface area contributed by atoms with E-state index in [0.717, 1.165) is 30.8 Å². The van der Waals surface area contributed by atoms with Crippen LogP contribution in [-0.4, -0.2) is 0 Å². The molecule has 0 unspecified atom stereocenters. The van der Waals surface area contributed by atoms with Crippen molar-refractivity contribution in [3.8, 4) is 0 Å². The van der Waals surface area contributed by atoms with E-state index in [9.17, 15) is 0 Å². The van der Waals surface area contributed by atoms with Crippen LogP contribution in [0.1, 0.15) is 79.6 Å². The third kappa shape index (κ3) is 5.53. The van der Waals surface area contributed by atoms with Crippen LogP contribution in [0.2, 0.25) is 0 Å². The van der Waals surface area contributed by atoms with Crippen LogP contribution >= 0.6 is 12.6 Å². The first-order valence-electron chi connectivity index (χ1n) is 8.71. The van der Waals surface area contributed by atoms with Crippen molar-refractivity contribution >= 4 is 12.6 Å². The summed E-state index contributed by atoms with van der Waals surface area (Å²) in [4.78, 5) is 1.20. The standard InChI is InChI=1S/C20H35NS/c1-7-8-14(2)19(16(4)21)15(3)18(22)13-17-9-11-20(5,6)12-10-17/h17,22H,4,7-13,21H2,1-3,5-6H3/b18-15-,19-14-. The Bertz CT molecular complexity index is 458. The van der Waals surface area contributed by atoms with E-state index in [-0.39, 0.29) is 0 Å². The zero-order valence-corrected chi connectivity index (χ0v) is 16.2. The molecule has 1 aliphatic carbocycles. The predicted octanol–water partition coefficient (Wildman–Crippen LogP) is 6.39. The van der Waals surface area contributed by atoms with Crippen molar-refractivity contribution in [1.82, 2.24) is 0 Å². The van der Waals surface area contributed by atoms with Crippen LogP contribution in [0.5, 0.6) is 0 Å². The maximum absolute atomic E-state index is 6.05. The lowest BCUT2D eigenvalue weighted by atomic mass is 9.72. The molecule has 0 atom stereocenters. The van der Waals surface area contributed by atoms with E-state index in [1.807, 2.05) is 0 Å². The van der Waals surface area contributed by atoms with Crippen molar-refractivity contribution in [2.24, 2.45) is 17.1 Å². The Balaban J connectivity index is 2.87. The Kier molecular flexibility index (Phi) is 7.31. The lowest BCUT2D eigenvalue weighted by molar-refractivity contribution is 0.192. The number of allylic oxidation sites excluding steroid dienone is 3. The van der Waals surface area contributed by atoms with Gasteiger partial charge in [0.1, 0.15) is 0 Å². The maximum atomic E-state index is 6.05. The zero-order valence-electron chi connectivity index (χ0n) is 15.3. The second-order valence-corrected chi connectivity index (χ2v) is 8.35. The smallest absolute Gasteiger partial charge is 0.0317 e. The van der Waals surface area contributed by atoms with Gasteiger partial charge in [0.05, 0.1) is 0 Å². The van der Waals surface area contributed by atoms with E-state index in [2.05, 4.69) is 41.2 Å². The van der Waals surface area contributed by atoms with E-state index in [4.69, 9.17) is 18.4 Å². The van der Waals surface area contributed by atoms with Crippen molar-refractivity contribution in [1.29, 1.82) is 0 Å². The SMILES string of the molecule is C=C(N)C(=C(/C)CCC)/C(C)=C(\S)CC1CCC(C)(C)CC1. The highest BCUT2D eigenvalue weighted by Crippen LogP contribution is 2.41. The largest absolute Gasteiger partial charge is 0.399 e. The summed E-state index contributed by atoms with van der Waals surface area (Å²) in [6.45, 7) is 15.3. The highest BCUT2D eigenvalue weighted by molar-refractivity contribution is 7.84. The normalized spacial score (nSPS) is 21.2. The average Bonchev–Trinajstić information content (AvgIpc) is 2.41. The van der Waals surface area contributed by atoms with Crippen LogP contribution in [-0.2, 0) is 0 Å². The van der Waals surface area contributed by atoms with Gasteiger partial charge in [-0.05, 0) is 79.8 Å². The summed E-state index contributed by atoms with van der Waals surface area (Å²) in [6.07, 6.45) is 8.60. The van der Waals surface area contributed by atoms with Crippen molar-refractivity contribution in [2.45, 2.75) is 79.6 Å². The van der Waals surface area contributed by atoms with Crippen LogP contribution in [0.4, 0.5) is 0 Å². The minimum atomic E-state index is 0.528. The number of thiol groups is 1. The van der Waals surface area contributed by atoms with Gasteiger partial charge < -0.3 is 5.73 Å². The fraction of sp³-hybridized carbons (Fsp3) is 0.700. The van der Waals surface area contributed by atoms with E-state index < -0.39 is 0 Å². The second kappa shape index (κ2) is 8.29. The van der Waals surface area contributed by atoms with Crippen LogP contribution in [0.3, 0.4) is 0 Å². The molecule has 0 amide bonds. The predicted molar refractivity (Wildman–Crippen MR) is 103 cm³/mol. The molecule has 2 N–H and O–H groups in total. The maximum Gasteiger partial charge on any atom is 0.0317 e. The molecular weight excluding hydrogens is 286 g/mol. The second-order valence-electron chi connectivity index (χ2n) is 7.81. The summed E-state index contributed by atoms with van der Waals surface area (Å²) in [5.74, 6) is 0.772. The van der Waals surface area contributed by atoms with Crippen LogP contribution in [0.25, 0.3) is 0 Å². The van der Waals surface area contributed by atoms with Gasteiger partial charge in [-0.1, -0.05) is 39.3 Å². The fourth-order valence-electron chi connectivity index (χ4n) is 3.57. The number of rotatable bonds is 6. The molecular formula is C20H35NS. The molecule has 1 saturated carbocycles. The molecule has 0 heterocycles. The summed E-state index contributed by atoms with van der Waals surface area (Å²) in [6, 6.07) is 0. The molecule has 0 aromatic heterocycles. The van der Waals surface area contributed by atoms with Crippen LogP contribution < -0.4 is 5.73 Å². The molecule has 0 radical (unpaired) electrons. The molecule has 1 rings (SSSR count). The molecule has 1 nitrogen and oxygen atoms in total. The van der Waals surface area contributed by atoms with Crippen LogP contribution in [0, 0.1) is 11.3 Å². The molecule has 1 fully saturated rings. The number of hydrogen-bond donors (Lipinski definition) is 2. The topological polar surface area (TPSA) is 26.0 Å². The third-order valence-corrected chi connectivity index (χ3v) is 5.64. The summed E-state index contributed by atoms with van der Waals surface area (Å²) < 4.78 is 0. The van der Waals surface area contributed by atoms with Gasteiger partial charge in [-0.25, -0.2) is 0 Å². The molecule has 126 valence electrons. The first-order valence-corrected chi connectivity index (χ1v) is 9.16. The van der Waals surface area contributed by atoms with Crippen LogP contribution in [0.15, 0.2) is 33.9 Å². The molecule has 1 aliphatic rings. The Labute approximate surface area is 143 Å². The highest BCUT2D eigenvalue weighted by atomic mass is 32.1. The van der Waals surface area contributed by atoms with Gasteiger partial charge in [0.2, 0.25) is 0 Å². The van der Waals surface area contributed by atoms with E-state index in [0.29, 0.717) is 11.1 Å². The van der Waals surface area contributed by atoms with Gasteiger partial charge in [0.15, 0.2) is 0 Å². The van der Waals surface area contributed by atoms with Gasteiger partial charge in [-0.15, -0.1) is 12.6 Å². The lowest BCUT2D eigenvalue weighted by Gasteiger charge is -2.34. The molecule has 0 aliphatic heterocycles. The first-order chi connectivity index (χ1) is 10.2. The summed E-state index contributed by atoms with van der Waals surface area (Å²) in [7, 11) is 0. The first kappa shape index (κ1) is 19.4. The number of nitrogens with two attached hydrogens (primary N) is 1. The Morgan fingerprint density at radius 2 is 1.77 bits per heavy atom. The fourth-order valence-corrected chi connectivity index (χ4v) is 3.94. The van der Waals surface area contributed by atoms with E-state index in [1.165, 1.54) is 41.7 Å². The van der Waals surface area contributed by atoms with Crippen molar-refractivity contribution in [3.63, 3.8) is 0 Å². The summed E-state index contributed by atoms with van der Waals surface area (Å²) in [5.41, 5.74) is 11.0. The molecule has 0 spiro atoms. The Morgan fingerprint density at radius 1 is 1.23 bits per heavy atom. The minimum Gasteiger partial charge on any atom is -0.399 e. The van der Waals surface area contributed by atoms with Crippen molar-refractivity contribution in [3.05, 3.63) is 33.9 Å². The summed E-state index contributed by atoms with van der Waals surface area (Å²) >= 11 is 4.82. The zero-order chi connectivity index (χ0) is 16.9. The third-order valence-electron chi connectivity index (χ3n) is 5.12. The Morgan fingerprint density at radius 3 is 2.23 bits per heavy atom. The van der Waals surface area contributed by atoms with E-state index >= 15 is 0 Å². The van der Waals surface area contributed by atoms with Gasteiger partial charge in [0, 0.05) is 5.70 Å². The summed E-state index contributed by atoms with van der Waals surface area (Å²) in [5, 5.41) is 0. The molecule has 0 aromatic rings. The van der Waals surface area contributed by atoms with Gasteiger partial charge in [-0.2, -0.15) is 0 Å². The van der Waals surface area contributed by atoms with Crippen molar-refractivity contribution < 1.29 is 0 Å². The van der Waals surface area contributed by atoms with Gasteiger partial charge >= 0.3 is 0 Å². The monoisotopic (exact) mass is 321 g/mol. The van der Waals surface area contributed by atoms with Crippen molar-refractivity contribution in [2.75, 3.05) is 0 Å². The molecule has 0 bridgehead atoms. The molecule has 0 saturated heterocycles. The van der Waals surface area contributed by atoms with Gasteiger partial charge in [0.25, 0.3) is 0 Å². The highest BCUT2D eigenvalue weighted by Gasteiger charge is 2.27. The number of hydrogen-bond acceptors (Lipinski definition) is 2.